The molecule has 21 heavy (non-hydrogen) atoms. The molecule has 1 amide bonds. The van der Waals surface area contributed by atoms with Crippen LogP contribution in [0, 0.1) is 0 Å². The van der Waals surface area contributed by atoms with Gasteiger partial charge in [-0.05, 0) is 30.2 Å². The highest BCUT2D eigenvalue weighted by molar-refractivity contribution is 7.90. The summed E-state index contributed by atoms with van der Waals surface area (Å²) < 4.78 is 22.9. The summed E-state index contributed by atoms with van der Waals surface area (Å²) in [6.45, 7) is 0. The molecule has 2 aromatic rings. The first-order valence-corrected chi connectivity index (χ1v) is 8.48. The summed E-state index contributed by atoms with van der Waals surface area (Å²) in [5.74, 6) is -0.135. The maximum absolute atomic E-state index is 11.9. The van der Waals surface area contributed by atoms with Crippen LogP contribution < -0.4 is 5.32 Å². The third kappa shape index (κ3) is 4.72. The lowest BCUT2D eigenvalue weighted by Gasteiger charge is -2.07. The molecule has 4 nitrogen and oxygen atoms in total. The molecule has 0 atom stereocenters. The SMILES string of the molecule is CS(=O)(=O)c1cccc(NC(=O)CCc2ccccc2)c1. The summed E-state index contributed by atoms with van der Waals surface area (Å²) in [5.41, 5.74) is 1.59. The van der Waals surface area contributed by atoms with Crippen molar-refractivity contribution in [3.05, 3.63) is 60.2 Å². The van der Waals surface area contributed by atoms with E-state index >= 15 is 0 Å². The predicted octanol–water partition coefficient (Wildman–Crippen LogP) is 2.66. The molecule has 0 saturated carbocycles. The van der Waals surface area contributed by atoms with Gasteiger partial charge in [-0.3, -0.25) is 4.79 Å². The molecule has 0 saturated heterocycles. The van der Waals surface area contributed by atoms with Gasteiger partial charge in [-0.25, -0.2) is 8.42 Å². The van der Waals surface area contributed by atoms with Crippen molar-refractivity contribution in [3.63, 3.8) is 0 Å². The van der Waals surface area contributed by atoms with E-state index in [0.717, 1.165) is 11.8 Å². The summed E-state index contributed by atoms with van der Waals surface area (Å²) in [6.07, 6.45) is 2.15. The average molecular weight is 303 g/mol. The normalized spacial score (nSPS) is 11.1. The molecule has 0 aliphatic carbocycles. The number of benzene rings is 2. The maximum atomic E-state index is 11.9. The van der Waals surface area contributed by atoms with Gasteiger partial charge >= 0.3 is 0 Å². The number of sulfone groups is 1. The molecule has 5 heteroatoms. The lowest BCUT2D eigenvalue weighted by Crippen LogP contribution is -2.12. The molecular weight excluding hydrogens is 286 g/mol. The van der Waals surface area contributed by atoms with Crippen LogP contribution in [0.5, 0.6) is 0 Å². The van der Waals surface area contributed by atoms with Crippen molar-refractivity contribution in [1.82, 2.24) is 0 Å². The highest BCUT2D eigenvalue weighted by Gasteiger charge is 2.09. The second-order valence-corrected chi connectivity index (χ2v) is 6.85. The number of carbonyl (C=O) groups is 1. The van der Waals surface area contributed by atoms with Gasteiger partial charge in [-0.1, -0.05) is 36.4 Å². The number of anilines is 1. The van der Waals surface area contributed by atoms with E-state index in [1.807, 2.05) is 30.3 Å². The Kier molecular flexibility index (Phi) is 4.75. The molecule has 2 aromatic carbocycles. The lowest BCUT2D eigenvalue weighted by atomic mass is 10.1. The van der Waals surface area contributed by atoms with Crippen LogP contribution in [0.4, 0.5) is 5.69 Å². The van der Waals surface area contributed by atoms with Crippen molar-refractivity contribution in [2.45, 2.75) is 17.7 Å². The smallest absolute Gasteiger partial charge is 0.224 e. The Labute approximate surface area is 124 Å². The van der Waals surface area contributed by atoms with Gasteiger partial charge in [0.2, 0.25) is 5.91 Å². The van der Waals surface area contributed by atoms with Crippen molar-refractivity contribution in [1.29, 1.82) is 0 Å². The summed E-state index contributed by atoms with van der Waals surface area (Å²) in [4.78, 5) is 12.1. The van der Waals surface area contributed by atoms with Crippen molar-refractivity contribution >= 4 is 21.4 Å². The maximum Gasteiger partial charge on any atom is 0.224 e. The van der Waals surface area contributed by atoms with Crippen molar-refractivity contribution in [3.8, 4) is 0 Å². The Morgan fingerprint density at radius 3 is 2.43 bits per heavy atom. The second-order valence-electron chi connectivity index (χ2n) is 4.83. The van der Waals surface area contributed by atoms with E-state index in [4.69, 9.17) is 0 Å². The second kappa shape index (κ2) is 6.54. The molecule has 0 radical (unpaired) electrons. The first-order chi connectivity index (χ1) is 9.95. The zero-order chi connectivity index (χ0) is 15.3. The molecule has 0 aliphatic heterocycles. The first-order valence-electron chi connectivity index (χ1n) is 6.59. The van der Waals surface area contributed by atoms with Gasteiger partial charge in [0.1, 0.15) is 0 Å². The van der Waals surface area contributed by atoms with Gasteiger partial charge in [0, 0.05) is 18.4 Å². The van der Waals surface area contributed by atoms with E-state index in [0.29, 0.717) is 18.5 Å². The number of hydrogen-bond acceptors (Lipinski definition) is 3. The average Bonchev–Trinajstić information content (AvgIpc) is 2.46. The Morgan fingerprint density at radius 1 is 1.05 bits per heavy atom. The standard InChI is InChI=1S/C16H17NO3S/c1-21(19,20)15-9-5-8-14(12-15)17-16(18)11-10-13-6-3-2-4-7-13/h2-9,12H,10-11H2,1H3,(H,17,18). The summed E-state index contributed by atoms with van der Waals surface area (Å²) in [7, 11) is -3.27. The Bertz CT molecular complexity index is 724. The summed E-state index contributed by atoms with van der Waals surface area (Å²) in [6, 6.07) is 16.0. The highest BCUT2D eigenvalue weighted by Crippen LogP contribution is 2.15. The van der Waals surface area contributed by atoms with Crippen molar-refractivity contribution in [2.24, 2.45) is 0 Å². The minimum absolute atomic E-state index is 0.135. The number of rotatable bonds is 5. The van der Waals surface area contributed by atoms with Crippen molar-refractivity contribution in [2.75, 3.05) is 11.6 Å². The molecule has 0 aromatic heterocycles. The first kappa shape index (κ1) is 15.3. The summed E-state index contributed by atoms with van der Waals surface area (Å²) >= 11 is 0. The van der Waals surface area contributed by atoms with Crippen LogP contribution in [0.15, 0.2) is 59.5 Å². The largest absolute Gasteiger partial charge is 0.326 e. The monoisotopic (exact) mass is 303 g/mol. The minimum atomic E-state index is -3.27. The molecule has 0 heterocycles. The van der Waals surface area contributed by atoms with E-state index in [9.17, 15) is 13.2 Å². The third-order valence-electron chi connectivity index (χ3n) is 3.03. The molecule has 0 spiro atoms. The highest BCUT2D eigenvalue weighted by atomic mass is 32.2. The molecular formula is C16H17NO3S. The van der Waals surface area contributed by atoms with Gasteiger partial charge in [0.15, 0.2) is 9.84 Å². The van der Waals surface area contributed by atoms with Crippen LogP contribution in [-0.4, -0.2) is 20.6 Å². The van der Waals surface area contributed by atoms with Crippen LogP contribution in [0.2, 0.25) is 0 Å². The zero-order valence-electron chi connectivity index (χ0n) is 11.7. The lowest BCUT2D eigenvalue weighted by molar-refractivity contribution is -0.116. The van der Waals surface area contributed by atoms with Crippen LogP contribution in [0.1, 0.15) is 12.0 Å². The summed E-state index contributed by atoms with van der Waals surface area (Å²) in [5, 5.41) is 2.72. The molecule has 2 rings (SSSR count). The Morgan fingerprint density at radius 2 is 1.76 bits per heavy atom. The number of carbonyl (C=O) groups excluding carboxylic acids is 1. The fourth-order valence-electron chi connectivity index (χ4n) is 1.93. The fraction of sp³-hybridized carbons (Fsp3) is 0.188. The fourth-order valence-corrected chi connectivity index (χ4v) is 2.60. The number of nitrogens with one attached hydrogen (secondary N) is 1. The van der Waals surface area contributed by atoms with Crippen LogP contribution in [0.25, 0.3) is 0 Å². The number of aryl methyl sites for hydroxylation is 1. The number of hydrogen-bond donors (Lipinski definition) is 1. The van der Waals surface area contributed by atoms with Gasteiger partial charge in [-0.15, -0.1) is 0 Å². The third-order valence-corrected chi connectivity index (χ3v) is 4.14. The van der Waals surface area contributed by atoms with Crippen molar-refractivity contribution < 1.29 is 13.2 Å². The van der Waals surface area contributed by atoms with E-state index in [1.165, 1.54) is 12.1 Å². The van der Waals surface area contributed by atoms with Crippen LogP contribution >= 0.6 is 0 Å². The molecule has 1 N–H and O–H groups in total. The van der Waals surface area contributed by atoms with E-state index < -0.39 is 9.84 Å². The topological polar surface area (TPSA) is 63.2 Å². The Balaban J connectivity index is 1.97. The van der Waals surface area contributed by atoms with Crippen LogP contribution in [-0.2, 0) is 21.1 Å². The van der Waals surface area contributed by atoms with E-state index in [-0.39, 0.29) is 10.8 Å². The predicted molar refractivity (Wildman–Crippen MR) is 82.9 cm³/mol. The molecule has 0 aliphatic rings. The quantitative estimate of drug-likeness (QED) is 0.923. The van der Waals surface area contributed by atoms with Gasteiger partial charge < -0.3 is 5.32 Å². The molecule has 0 unspecified atom stereocenters. The van der Waals surface area contributed by atoms with Gasteiger partial charge in [0.05, 0.1) is 4.90 Å². The van der Waals surface area contributed by atoms with E-state index in [2.05, 4.69) is 5.32 Å². The molecule has 110 valence electrons. The minimum Gasteiger partial charge on any atom is -0.326 e. The van der Waals surface area contributed by atoms with E-state index in [1.54, 1.807) is 12.1 Å². The molecule has 0 fully saturated rings. The van der Waals surface area contributed by atoms with Gasteiger partial charge in [-0.2, -0.15) is 0 Å². The Hall–Kier alpha value is -2.14. The zero-order valence-corrected chi connectivity index (χ0v) is 12.6. The molecule has 0 bridgehead atoms. The van der Waals surface area contributed by atoms with Crippen LogP contribution in [0.3, 0.4) is 0 Å². The number of amides is 1. The van der Waals surface area contributed by atoms with Gasteiger partial charge in [0.25, 0.3) is 0 Å².